The van der Waals surface area contributed by atoms with Crippen molar-refractivity contribution in [3.8, 4) is 0 Å². The van der Waals surface area contributed by atoms with Crippen LogP contribution in [0.25, 0.3) is 0 Å². The van der Waals surface area contributed by atoms with Crippen LogP contribution in [0.3, 0.4) is 0 Å². The zero-order valence-corrected chi connectivity index (χ0v) is 51.4. The molecule has 3 atom stereocenters. The van der Waals surface area contributed by atoms with E-state index in [9.17, 15) is 19.4 Å². The molecule has 0 saturated heterocycles. The predicted molar refractivity (Wildman–Crippen MR) is 332 cm³/mol. The van der Waals surface area contributed by atoms with Gasteiger partial charge in [-0.2, -0.15) is 0 Å². The maximum atomic E-state index is 13.0. The summed E-state index contributed by atoms with van der Waals surface area (Å²) >= 11 is 0. The van der Waals surface area contributed by atoms with Gasteiger partial charge in [-0.15, -0.1) is 0 Å². The standard InChI is InChI=1S/C67H123N2O6P/c1-6-8-10-12-14-16-18-20-22-24-26-28-30-32-34-36-38-40-42-44-46-48-50-52-54-56-58-60-66(70)65(64-75-76(72,73)74-63-62-69(3,4)5)68-67(71)61-59-57-55-53-51-49-47-45-43-41-39-37-35-33-31-29-27-25-23-21-19-17-15-13-11-9-7-2/h9,11,15,17,21,23,27,29,42,44,50,52,58,60,65-66,70H,6-8,10,12-14,16,18-20,22,24-26,28,30-41,43,45-49,51,53-57,59,61-64H2,1-5H3,(H-,68,71,72,73)/p+1/b11-9-,17-15-,23-21-,29-27-,44-42+,52-50+,60-58+. The van der Waals surface area contributed by atoms with Crippen LogP contribution in [0.5, 0.6) is 0 Å². The number of rotatable bonds is 58. The Labute approximate surface area is 471 Å². The molecule has 0 radical (unpaired) electrons. The highest BCUT2D eigenvalue weighted by Gasteiger charge is 2.27. The van der Waals surface area contributed by atoms with E-state index in [1.54, 1.807) is 6.08 Å². The number of allylic oxidation sites excluding steroid dienone is 13. The molecule has 3 unspecified atom stereocenters. The van der Waals surface area contributed by atoms with Crippen LogP contribution >= 0.6 is 7.82 Å². The van der Waals surface area contributed by atoms with Gasteiger partial charge in [0.1, 0.15) is 13.2 Å². The van der Waals surface area contributed by atoms with Crippen molar-refractivity contribution in [2.45, 2.75) is 296 Å². The molecule has 0 bridgehead atoms. The van der Waals surface area contributed by atoms with E-state index in [4.69, 9.17) is 9.05 Å². The van der Waals surface area contributed by atoms with Crippen molar-refractivity contribution in [3.63, 3.8) is 0 Å². The number of aliphatic hydroxyl groups is 1. The molecule has 0 spiro atoms. The molecule has 76 heavy (non-hydrogen) atoms. The second-order valence-electron chi connectivity index (χ2n) is 22.7. The summed E-state index contributed by atoms with van der Waals surface area (Å²) in [5, 5.41) is 14.0. The number of quaternary nitrogens is 1. The number of unbranched alkanes of at least 4 members (excludes halogenated alkanes) is 33. The van der Waals surface area contributed by atoms with Gasteiger partial charge < -0.3 is 19.8 Å². The lowest BCUT2D eigenvalue weighted by Gasteiger charge is -2.25. The van der Waals surface area contributed by atoms with E-state index >= 15 is 0 Å². The first-order chi connectivity index (χ1) is 37.0. The first-order valence-corrected chi connectivity index (χ1v) is 33.5. The summed E-state index contributed by atoms with van der Waals surface area (Å²) < 4.78 is 23.7. The summed E-state index contributed by atoms with van der Waals surface area (Å²) in [5.41, 5.74) is 0. The maximum Gasteiger partial charge on any atom is 0.472 e. The Hall–Kier alpha value is -2.32. The molecule has 442 valence electrons. The molecule has 1 amide bonds. The number of hydrogen-bond acceptors (Lipinski definition) is 5. The van der Waals surface area contributed by atoms with Gasteiger partial charge in [0.15, 0.2) is 0 Å². The van der Waals surface area contributed by atoms with Crippen molar-refractivity contribution in [2.75, 3.05) is 40.9 Å². The number of carbonyl (C=O) groups excluding carboxylic acids is 1. The molecule has 8 nitrogen and oxygen atoms in total. The third-order valence-corrected chi connectivity index (χ3v) is 15.1. The van der Waals surface area contributed by atoms with Crippen LogP contribution < -0.4 is 5.32 Å². The van der Waals surface area contributed by atoms with Crippen LogP contribution in [0.15, 0.2) is 85.1 Å². The van der Waals surface area contributed by atoms with E-state index in [0.717, 1.165) is 70.6 Å². The van der Waals surface area contributed by atoms with Crippen molar-refractivity contribution in [2.24, 2.45) is 0 Å². The third-order valence-electron chi connectivity index (χ3n) is 14.1. The second-order valence-corrected chi connectivity index (χ2v) is 24.2. The van der Waals surface area contributed by atoms with E-state index in [0.29, 0.717) is 17.4 Å². The molecule has 0 heterocycles. The number of aliphatic hydroxyl groups excluding tert-OH is 1. The Balaban J connectivity index is 4.21. The predicted octanol–water partition coefficient (Wildman–Crippen LogP) is 20.0. The summed E-state index contributed by atoms with van der Waals surface area (Å²) in [5.74, 6) is -0.192. The zero-order valence-electron chi connectivity index (χ0n) is 50.5. The number of phosphoric ester groups is 1. The molecule has 0 aliphatic heterocycles. The molecule has 0 rings (SSSR count). The molecule has 0 aliphatic rings. The number of hydrogen-bond donors (Lipinski definition) is 3. The van der Waals surface area contributed by atoms with Gasteiger partial charge in [-0.1, -0.05) is 279 Å². The summed E-state index contributed by atoms with van der Waals surface area (Å²) in [7, 11) is 1.54. The molecular weight excluding hydrogens is 960 g/mol. The Bertz CT molecular complexity index is 1510. The van der Waals surface area contributed by atoms with Crippen molar-refractivity contribution in [1.29, 1.82) is 0 Å². The number of nitrogens with one attached hydrogen (secondary N) is 1. The smallest absolute Gasteiger partial charge is 0.387 e. The molecule has 0 aromatic heterocycles. The Kier molecular flexibility index (Phi) is 55.6. The van der Waals surface area contributed by atoms with E-state index in [-0.39, 0.29) is 19.1 Å². The molecule has 9 heteroatoms. The second kappa shape index (κ2) is 57.4. The van der Waals surface area contributed by atoms with Gasteiger partial charge >= 0.3 is 7.82 Å². The van der Waals surface area contributed by atoms with Crippen LogP contribution in [0.4, 0.5) is 0 Å². The van der Waals surface area contributed by atoms with E-state index in [1.165, 1.54) is 193 Å². The number of carbonyl (C=O) groups is 1. The van der Waals surface area contributed by atoms with Crippen molar-refractivity contribution >= 4 is 13.7 Å². The highest BCUT2D eigenvalue weighted by Crippen LogP contribution is 2.43. The van der Waals surface area contributed by atoms with Crippen molar-refractivity contribution in [1.82, 2.24) is 5.32 Å². The molecule has 3 N–H and O–H groups in total. The van der Waals surface area contributed by atoms with Crippen LogP contribution in [-0.2, 0) is 18.4 Å². The maximum absolute atomic E-state index is 13.0. The van der Waals surface area contributed by atoms with Crippen LogP contribution in [0.1, 0.15) is 284 Å². The van der Waals surface area contributed by atoms with Gasteiger partial charge in [-0.25, -0.2) is 4.57 Å². The molecule has 0 saturated carbocycles. The van der Waals surface area contributed by atoms with Gasteiger partial charge in [-0.05, 0) is 83.5 Å². The SMILES string of the molecule is CC/C=C\C/C=C\C/C=C\C/C=C\CCCCCCCCCCCCCCCCC(=O)NC(COP(=O)(O)OCC[N+](C)(C)C)C(O)/C=C/CC/C=C/CC/C=C/CCCCCCCCCCCCCCCCCCC. The van der Waals surface area contributed by atoms with Gasteiger partial charge in [-0.3, -0.25) is 13.8 Å². The first-order valence-electron chi connectivity index (χ1n) is 32.0. The van der Waals surface area contributed by atoms with Crippen molar-refractivity contribution < 1.29 is 32.9 Å². The summed E-state index contributed by atoms with van der Waals surface area (Å²) in [6.45, 7) is 4.70. The summed E-state index contributed by atoms with van der Waals surface area (Å²) in [6, 6.07) is -0.876. The number of likely N-dealkylation sites (N-methyl/N-ethyl adjacent to an activating group) is 1. The van der Waals surface area contributed by atoms with Crippen LogP contribution in [0, 0.1) is 0 Å². The minimum absolute atomic E-state index is 0.0507. The van der Waals surface area contributed by atoms with E-state index < -0.39 is 20.0 Å². The van der Waals surface area contributed by atoms with Gasteiger partial charge in [0.05, 0.1) is 39.9 Å². The zero-order chi connectivity index (χ0) is 55.6. The fourth-order valence-electron chi connectivity index (χ4n) is 9.13. The summed E-state index contributed by atoms with van der Waals surface area (Å²) in [4.78, 5) is 23.4. The Morgan fingerprint density at radius 1 is 0.461 bits per heavy atom. The lowest BCUT2D eigenvalue weighted by molar-refractivity contribution is -0.870. The third kappa shape index (κ3) is 59.3. The van der Waals surface area contributed by atoms with E-state index in [1.807, 2.05) is 27.2 Å². The average Bonchev–Trinajstić information content (AvgIpc) is 3.38. The topological polar surface area (TPSA) is 105 Å². The molecular formula is C67H124N2O6P+. The fraction of sp³-hybridized carbons (Fsp3) is 0.776. The fourth-order valence-corrected chi connectivity index (χ4v) is 9.86. The van der Waals surface area contributed by atoms with E-state index in [2.05, 4.69) is 92.1 Å². The number of amides is 1. The number of phosphoric acid groups is 1. The Morgan fingerprint density at radius 3 is 1.21 bits per heavy atom. The first kappa shape index (κ1) is 73.7. The van der Waals surface area contributed by atoms with Gasteiger partial charge in [0.2, 0.25) is 5.91 Å². The minimum Gasteiger partial charge on any atom is -0.387 e. The summed E-state index contributed by atoms with van der Waals surface area (Å²) in [6.07, 6.45) is 81.4. The highest BCUT2D eigenvalue weighted by atomic mass is 31.2. The normalized spacial score (nSPS) is 14.4. The number of nitrogens with zero attached hydrogens (tertiary/aromatic N) is 1. The van der Waals surface area contributed by atoms with Crippen LogP contribution in [-0.4, -0.2) is 73.4 Å². The van der Waals surface area contributed by atoms with Gasteiger partial charge in [0, 0.05) is 6.42 Å². The quantitative estimate of drug-likeness (QED) is 0.0243. The molecule has 0 aromatic carbocycles. The average molecular weight is 1080 g/mol. The lowest BCUT2D eigenvalue weighted by Crippen LogP contribution is -2.45. The highest BCUT2D eigenvalue weighted by molar-refractivity contribution is 7.47. The van der Waals surface area contributed by atoms with Crippen LogP contribution in [0.2, 0.25) is 0 Å². The monoisotopic (exact) mass is 1080 g/mol. The molecule has 0 fully saturated rings. The van der Waals surface area contributed by atoms with Gasteiger partial charge in [0.25, 0.3) is 0 Å². The molecule has 0 aromatic rings. The van der Waals surface area contributed by atoms with Crippen molar-refractivity contribution in [3.05, 3.63) is 85.1 Å². The largest absolute Gasteiger partial charge is 0.472 e. The lowest BCUT2D eigenvalue weighted by atomic mass is 10.0. The molecule has 0 aliphatic carbocycles. The minimum atomic E-state index is -4.37. The Morgan fingerprint density at radius 2 is 0.803 bits per heavy atom.